The van der Waals surface area contributed by atoms with Gasteiger partial charge in [0.2, 0.25) is 0 Å². The number of hydrogen-bond donors (Lipinski definition) is 0. The number of hydrogen-bond acceptors (Lipinski definition) is 0. The van der Waals surface area contributed by atoms with Crippen molar-refractivity contribution in [3.8, 4) is 0 Å². The Kier molecular flexibility index (Phi) is 5.24. The van der Waals surface area contributed by atoms with Gasteiger partial charge >= 0.3 is 6.18 Å². The minimum absolute atomic E-state index is 0.141. The van der Waals surface area contributed by atoms with Crippen molar-refractivity contribution in [1.29, 1.82) is 0 Å². The highest BCUT2D eigenvalue weighted by molar-refractivity contribution is 6.20. The summed E-state index contributed by atoms with van der Waals surface area (Å²) in [6.45, 7) is 4.46. The summed E-state index contributed by atoms with van der Waals surface area (Å²) in [7, 11) is 0. The van der Waals surface area contributed by atoms with Gasteiger partial charge in [-0.3, -0.25) is 0 Å². The van der Waals surface area contributed by atoms with E-state index in [9.17, 15) is 13.2 Å². The van der Waals surface area contributed by atoms with E-state index in [1.807, 2.05) is 0 Å². The van der Waals surface area contributed by atoms with Crippen LogP contribution in [0.15, 0.2) is 24.3 Å². The largest absolute Gasteiger partial charge is 0.416 e. The lowest BCUT2D eigenvalue weighted by Crippen LogP contribution is -2.29. The van der Waals surface area contributed by atoms with Gasteiger partial charge in [-0.25, -0.2) is 0 Å². The van der Waals surface area contributed by atoms with Crippen LogP contribution in [0.5, 0.6) is 0 Å². The fraction of sp³-hybridized carbons (Fsp3) is 0.647. The summed E-state index contributed by atoms with van der Waals surface area (Å²) in [5, 5.41) is 0.141. The molecule has 2 rings (SSSR count). The molecule has 1 aliphatic rings. The van der Waals surface area contributed by atoms with Gasteiger partial charge in [-0.05, 0) is 61.1 Å². The second-order valence-electron chi connectivity index (χ2n) is 6.49. The first-order valence-corrected chi connectivity index (χ1v) is 8.01. The smallest absolute Gasteiger partial charge is 0.166 e. The van der Waals surface area contributed by atoms with Gasteiger partial charge in [0.05, 0.1) is 5.56 Å². The second-order valence-corrected chi connectivity index (χ2v) is 7.05. The van der Waals surface area contributed by atoms with Crippen molar-refractivity contribution in [2.75, 3.05) is 0 Å². The zero-order chi connectivity index (χ0) is 15.6. The lowest BCUT2D eigenvalue weighted by Gasteiger charge is -2.35. The number of benzene rings is 1. The normalized spacial score (nSPS) is 27.1. The van der Waals surface area contributed by atoms with Crippen molar-refractivity contribution in [2.24, 2.45) is 17.8 Å². The maximum Gasteiger partial charge on any atom is 0.416 e. The van der Waals surface area contributed by atoms with Crippen LogP contribution in [0.3, 0.4) is 0 Å². The van der Waals surface area contributed by atoms with Crippen molar-refractivity contribution in [3.05, 3.63) is 35.4 Å². The quantitative estimate of drug-likeness (QED) is 0.606. The minimum Gasteiger partial charge on any atom is -0.166 e. The molecule has 3 atom stereocenters. The van der Waals surface area contributed by atoms with E-state index in [2.05, 4.69) is 13.8 Å². The Morgan fingerprint density at radius 3 is 2.29 bits per heavy atom. The van der Waals surface area contributed by atoms with Gasteiger partial charge in [-0.15, -0.1) is 11.6 Å². The molecule has 1 aliphatic carbocycles. The van der Waals surface area contributed by atoms with Crippen LogP contribution in [0.25, 0.3) is 0 Å². The second kappa shape index (κ2) is 6.60. The van der Waals surface area contributed by atoms with Crippen LogP contribution in [-0.4, -0.2) is 5.38 Å². The molecule has 0 spiro atoms. The Labute approximate surface area is 129 Å². The van der Waals surface area contributed by atoms with E-state index in [1.54, 1.807) is 12.1 Å². The maximum absolute atomic E-state index is 12.6. The average Bonchev–Trinajstić information content (AvgIpc) is 2.40. The summed E-state index contributed by atoms with van der Waals surface area (Å²) in [5.74, 6) is 1.69. The fourth-order valence-corrected chi connectivity index (χ4v) is 3.53. The van der Waals surface area contributed by atoms with Gasteiger partial charge in [-0.2, -0.15) is 13.2 Å². The summed E-state index contributed by atoms with van der Waals surface area (Å²) >= 11 is 6.43. The molecule has 0 amide bonds. The SMILES string of the molecule is CC(C)C1CCC(Cl)C(Cc2ccc(C(F)(F)F)cc2)C1. The summed E-state index contributed by atoms with van der Waals surface area (Å²) in [6.07, 6.45) is -0.242. The Hall–Kier alpha value is -0.700. The fourth-order valence-electron chi connectivity index (χ4n) is 3.21. The van der Waals surface area contributed by atoms with Gasteiger partial charge in [-0.1, -0.05) is 26.0 Å². The van der Waals surface area contributed by atoms with Gasteiger partial charge in [0.15, 0.2) is 0 Å². The predicted molar refractivity (Wildman–Crippen MR) is 80.5 cm³/mol. The van der Waals surface area contributed by atoms with Crippen LogP contribution in [0.1, 0.15) is 44.2 Å². The standard InChI is InChI=1S/C17H22ClF3/c1-11(2)13-5-8-16(18)14(10-13)9-12-3-6-15(7-4-12)17(19,20)21/h3-4,6-7,11,13-14,16H,5,8-10H2,1-2H3. The molecule has 1 aromatic rings. The van der Waals surface area contributed by atoms with Crippen LogP contribution in [0.2, 0.25) is 0 Å². The molecule has 0 N–H and O–H groups in total. The summed E-state index contributed by atoms with van der Waals surface area (Å²) in [6, 6.07) is 5.51. The molecular weight excluding hydrogens is 297 g/mol. The summed E-state index contributed by atoms with van der Waals surface area (Å²) in [5.41, 5.74) is 0.362. The van der Waals surface area contributed by atoms with Crippen LogP contribution in [0.4, 0.5) is 13.2 Å². The van der Waals surface area contributed by atoms with E-state index < -0.39 is 11.7 Å². The van der Waals surface area contributed by atoms with Crippen molar-refractivity contribution < 1.29 is 13.2 Å². The molecule has 1 saturated carbocycles. The van der Waals surface area contributed by atoms with Crippen molar-refractivity contribution in [1.82, 2.24) is 0 Å². The van der Waals surface area contributed by atoms with E-state index in [4.69, 9.17) is 11.6 Å². The highest BCUT2D eigenvalue weighted by Gasteiger charge is 2.32. The van der Waals surface area contributed by atoms with Crippen LogP contribution >= 0.6 is 11.6 Å². The number of rotatable bonds is 3. The molecule has 0 nitrogen and oxygen atoms in total. The lowest BCUT2D eigenvalue weighted by molar-refractivity contribution is -0.137. The van der Waals surface area contributed by atoms with E-state index in [1.165, 1.54) is 12.1 Å². The van der Waals surface area contributed by atoms with Crippen LogP contribution in [0, 0.1) is 17.8 Å². The molecule has 4 heteroatoms. The lowest BCUT2D eigenvalue weighted by atomic mass is 9.74. The number of halogens is 4. The molecule has 1 aromatic carbocycles. The van der Waals surface area contributed by atoms with Crippen molar-refractivity contribution >= 4 is 11.6 Å². The van der Waals surface area contributed by atoms with Gasteiger partial charge < -0.3 is 0 Å². The Balaban J connectivity index is 2.03. The topological polar surface area (TPSA) is 0 Å². The Morgan fingerprint density at radius 2 is 1.76 bits per heavy atom. The molecule has 1 fully saturated rings. The third-order valence-electron chi connectivity index (χ3n) is 4.65. The molecule has 0 aliphatic heterocycles. The Morgan fingerprint density at radius 1 is 1.14 bits per heavy atom. The molecule has 118 valence electrons. The molecule has 0 bridgehead atoms. The molecule has 0 aromatic heterocycles. The van der Waals surface area contributed by atoms with Gasteiger partial charge in [0, 0.05) is 5.38 Å². The van der Waals surface area contributed by atoms with E-state index in [-0.39, 0.29) is 5.38 Å². The highest BCUT2D eigenvalue weighted by atomic mass is 35.5. The van der Waals surface area contributed by atoms with Gasteiger partial charge in [0.25, 0.3) is 0 Å². The first-order valence-electron chi connectivity index (χ1n) is 7.57. The predicted octanol–water partition coefficient (Wildman–Crippen LogP) is 5.93. The molecule has 21 heavy (non-hydrogen) atoms. The monoisotopic (exact) mass is 318 g/mol. The summed E-state index contributed by atoms with van der Waals surface area (Å²) in [4.78, 5) is 0. The highest BCUT2D eigenvalue weighted by Crippen LogP contribution is 2.38. The Bertz CT molecular complexity index is 450. The molecular formula is C17H22ClF3. The zero-order valence-corrected chi connectivity index (χ0v) is 13.2. The molecule has 3 unspecified atom stereocenters. The van der Waals surface area contributed by atoms with Gasteiger partial charge in [0.1, 0.15) is 0 Å². The van der Waals surface area contributed by atoms with Crippen LogP contribution in [-0.2, 0) is 12.6 Å². The number of alkyl halides is 4. The molecule has 0 saturated heterocycles. The average molecular weight is 319 g/mol. The van der Waals surface area contributed by atoms with Crippen LogP contribution < -0.4 is 0 Å². The van der Waals surface area contributed by atoms with E-state index in [0.29, 0.717) is 17.8 Å². The first-order chi connectivity index (χ1) is 9.77. The maximum atomic E-state index is 12.6. The van der Waals surface area contributed by atoms with E-state index >= 15 is 0 Å². The zero-order valence-electron chi connectivity index (χ0n) is 12.5. The minimum atomic E-state index is -4.26. The van der Waals surface area contributed by atoms with Crippen molar-refractivity contribution in [2.45, 2.75) is 51.1 Å². The first kappa shape index (κ1) is 16.7. The third kappa shape index (κ3) is 4.38. The molecule has 0 heterocycles. The summed E-state index contributed by atoms with van der Waals surface area (Å²) < 4.78 is 37.7. The third-order valence-corrected chi connectivity index (χ3v) is 5.23. The van der Waals surface area contributed by atoms with Crippen molar-refractivity contribution in [3.63, 3.8) is 0 Å². The molecule has 0 radical (unpaired) electrons. The van der Waals surface area contributed by atoms with E-state index in [0.717, 1.165) is 31.2 Å².